The minimum absolute atomic E-state index is 0.185. The van der Waals surface area contributed by atoms with Crippen LogP contribution in [0.1, 0.15) is 5.56 Å². The highest BCUT2D eigenvalue weighted by Crippen LogP contribution is 2.35. The van der Waals surface area contributed by atoms with Crippen molar-refractivity contribution < 1.29 is 8.76 Å². The van der Waals surface area contributed by atoms with E-state index in [2.05, 4.69) is 0 Å². The molecule has 2 aromatic carbocycles. The fraction of sp³-hybridized carbons (Fsp3) is 0. The van der Waals surface area contributed by atoms with Crippen LogP contribution < -0.4 is 0 Å². The Labute approximate surface area is 132 Å². The second-order valence-electron chi connectivity index (χ2n) is 3.73. The molecule has 0 radical (unpaired) electrons. The number of nitrogens with zero attached hydrogens (tertiary/aromatic N) is 1. The topological polar surface area (TPSA) is 61.1 Å². The molecule has 2 aromatic rings. The molecule has 20 heavy (non-hydrogen) atoms. The second kappa shape index (κ2) is 6.61. The van der Waals surface area contributed by atoms with E-state index < -0.39 is 11.1 Å². The molecule has 1 atom stereocenters. The van der Waals surface area contributed by atoms with Gasteiger partial charge in [0.1, 0.15) is 0 Å². The molecule has 102 valence electrons. The summed E-state index contributed by atoms with van der Waals surface area (Å²) < 4.78 is 20.7. The average molecular weight is 344 g/mol. The van der Waals surface area contributed by atoms with Crippen molar-refractivity contribution in [2.75, 3.05) is 0 Å². The van der Waals surface area contributed by atoms with Gasteiger partial charge >= 0.3 is 0 Å². The third-order valence-electron chi connectivity index (χ3n) is 2.32. The zero-order valence-electron chi connectivity index (χ0n) is 9.84. The van der Waals surface area contributed by atoms with Gasteiger partial charge in [-0.25, -0.2) is 4.21 Å². The van der Waals surface area contributed by atoms with E-state index in [-0.39, 0.29) is 4.90 Å². The quantitative estimate of drug-likeness (QED) is 0.827. The van der Waals surface area contributed by atoms with Crippen molar-refractivity contribution in [3.63, 3.8) is 0 Å². The van der Waals surface area contributed by atoms with Crippen LogP contribution in [-0.2, 0) is 11.1 Å². The normalized spacial score (nSPS) is 11.9. The molecule has 1 unspecified atom stereocenters. The van der Waals surface area contributed by atoms with Crippen molar-refractivity contribution >= 4 is 46.0 Å². The lowest BCUT2D eigenvalue weighted by Crippen LogP contribution is -1.93. The van der Waals surface area contributed by atoms with E-state index in [4.69, 9.17) is 28.5 Å². The Bertz CT molecular complexity index is 709. The van der Waals surface area contributed by atoms with E-state index in [1.165, 1.54) is 17.8 Å². The number of rotatable bonds is 3. The van der Waals surface area contributed by atoms with Crippen LogP contribution in [0.3, 0.4) is 0 Å². The first-order valence-corrected chi connectivity index (χ1v) is 7.96. The Morgan fingerprint density at radius 2 is 1.80 bits per heavy atom. The Hall–Kier alpha value is -1.03. The molecule has 0 aliphatic carbocycles. The maximum atomic E-state index is 11.4. The lowest BCUT2D eigenvalue weighted by Gasteiger charge is -2.07. The smallest absolute Gasteiger partial charge is 0.187 e. The Balaban J connectivity index is 2.43. The van der Waals surface area contributed by atoms with Crippen molar-refractivity contribution in [2.45, 2.75) is 14.7 Å². The van der Waals surface area contributed by atoms with Crippen molar-refractivity contribution in [1.82, 2.24) is 0 Å². The minimum atomic E-state index is -2.17. The molecule has 1 N–H and O–H groups in total. The molecule has 3 nitrogen and oxygen atoms in total. The zero-order valence-corrected chi connectivity index (χ0v) is 13.0. The number of nitriles is 1. The summed E-state index contributed by atoms with van der Waals surface area (Å²) in [7, 11) is 0. The van der Waals surface area contributed by atoms with Gasteiger partial charge in [-0.05, 0) is 36.4 Å². The van der Waals surface area contributed by atoms with E-state index in [1.54, 1.807) is 30.3 Å². The largest absolute Gasteiger partial charge is 0.302 e. The van der Waals surface area contributed by atoms with E-state index in [1.807, 2.05) is 6.07 Å². The minimum Gasteiger partial charge on any atom is -0.302 e. The third kappa shape index (κ3) is 3.75. The molecule has 0 aliphatic heterocycles. The van der Waals surface area contributed by atoms with Crippen molar-refractivity contribution in [3.8, 4) is 6.07 Å². The van der Waals surface area contributed by atoms with Crippen LogP contribution in [-0.4, -0.2) is 8.76 Å². The highest BCUT2D eigenvalue weighted by Gasteiger charge is 2.11. The number of halogens is 2. The maximum Gasteiger partial charge on any atom is 0.187 e. The van der Waals surface area contributed by atoms with Gasteiger partial charge < -0.3 is 4.55 Å². The molecule has 0 bridgehead atoms. The van der Waals surface area contributed by atoms with Crippen LogP contribution in [0.4, 0.5) is 0 Å². The predicted molar refractivity (Wildman–Crippen MR) is 80.8 cm³/mol. The summed E-state index contributed by atoms with van der Waals surface area (Å²) in [4.78, 5) is 1.51. The SMILES string of the molecule is N#Cc1ccc(Sc2cc(Cl)cc(Cl)c2)c(S(=O)O)c1. The highest BCUT2D eigenvalue weighted by atomic mass is 35.5. The summed E-state index contributed by atoms with van der Waals surface area (Å²) in [6.07, 6.45) is 0. The zero-order chi connectivity index (χ0) is 14.7. The average Bonchev–Trinajstić information content (AvgIpc) is 2.37. The van der Waals surface area contributed by atoms with E-state index in [0.29, 0.717) is 20.5 Å². The summed E-state index contributed by atoms with van der Waals surface area (Å²) in [6, 6.07) is 11.6. The van der Waals surface area contributed by atoms with E-state index in [9.17, 15) is 8.76 Å². The highest BCUT2D eigenvalue weighted by molar-refractivity contribution is 7.99. The lowest BCUT2D eigenvalue weighted by atomic mass is 10.2. The molecule has 0 spiro atoms. The standard InChI is InChI=1S/C13H7Cl2NO2S2/c14-9-4-10(15)6-11(5-9)19-12-2-1-8(7-16)3-13(12)20(17)18/h1-6H,(H,17,18). The van der Waals surface area contributed by atoms with Gasteiger partial charge in [-0.1, -0.05) is 35.0 Å². The summed E-state index contributed by atoms with van der Waals surface area (Å²) in [5, 5.41) is 9.80. The van der Waals surface area contributed by atoms with Crippen LogP contribution in [0.25, 0.3) is 0 Å². The molecule has 0 saturated carbocycles. The van der Waals surface area contributed by atoms with Gasteiger partial charge in [0.05, 0.1) is 16.5 Å². The van der Waals surface area contributed by atoms with Crippen molar-refractivity contribution in [1.29, 1.82) is 5.26 Å². The summed E-state index contributed by atoms with van der Waals surface area (Å²) in [5.41, 5.74) is 0.330. The second-order valence-corrected chi connectivity index (χ2v) is 6.66. The number of hydrogen-bond donors (Lipinski definition) is 1. The Kier molecular flexibility index (Phi) is 5.08. The van der Waals surface area contributed by atoms with Gasteiger partial charge in [0, 0.05) is 19.8 Å². The summed E-state index contributed by atoms with van der Waals surface area (Å²) in [6.45, 7) is 0. The van der Waals surface area contributed by atoms with Crippen LogP contribution in [0.15, 0.2) is 51.1 Å². The molecule has 0 aromatic heterocycles. The van der Waals surface area contributed by atoms with Crippen LogP contribution in [0.2, 0.25) is 10.0 Å². The summed E-state index contributed by atoms with van der Waals surface area (Å²) >= 11 is 10.9. The van der Waals surface area contributed by atoms with Gasteiger partial charge in [0.25, 0.3) is 0 Å². The molecule has 0 fully saturated rings. The first-order chi connectivity index (χ1) is 9.49. The van der Waals surface area contributed by atoms with E-state index >= 15 is 0 Å². The molecule has 0 heterocycles. The van der Waals surface area contributed by atoms with Gasteiger partial charge in [-0.2, -0.15) is 5.26 Å². The summed E-state index contributed by atoms with van der Waals surface area (Å²) in [5.74, 6) is 0. The van der Waals surface area contributed by atoms with Gasteiger partial charge in [0.15, 0.2) is 11.1 Å². The first kappa shape index (κ1) is 15.4. The fourth-order valence-corrected chi connectivity index (χ4v) is 3.90. The van der Waals surface area contributed by atoms with E-state index in [0.717, 1.165) is 4.90 Å². The first-order valence-electron chi connectivity index (χ1n) is 5.28. The number of hydrogen-bond acceptors (Lipinski definition) is 3. The van der Waals surface area contributed by atoms with Crippen LogP contribution in [0.5, 0.6) is 0 Å². The molecular weight excluding hydrogens is 337 g/mol. The lowest BCUT2D eigenvalue weighted by molar-refractivity contribution is 0.562. The number of benzene rings is 2. The third-order valence-corrected chi connectivity index (χ3v) is 4.65. The molecule has 7 heteroatoms. The molecule has 0 saturated heterocycles. The van der Waals surface area contributed by atoms with Gasteiger partial charge in [0.2, 0.25) is 0 Å². The molecule has 0 aliphatic rings. The van der Waals surface area contributed by atoms with Crippen molar-refractivity contribution in [3.05, 3.63) is 52.0 Å². The monoisotopic (exact) mass is 343 g/mol. The Morgan fingerprint density at radius 3 is 2.35 bits per heavy atom. The fourth-order valence-electron chi connectivity index (χ4n) is 1.51. The van der Waals surface area contributed by atoms with Crippen molar-refractivity contribution in [2.24, 2.45) is 0 Å². The molecular formula is C13H7Cl2NO2S2. The van der Waals surface area contributed by atoms with Crippen LogP contribution in [0, 0.1) is 11.3 Å². The van der Waals surface area contributed by atoms with Gasteiger partial charge in [-0.15, -0.1) is 0 Å². The molecule has 2 rings (SSSR count). The van der Waals surface area contributed by atoms with Crippen LogP contribution >= 0.6 is 35.0 Å². The Morgan fingerprint density at radius 1 is 1.15 bits per heavy atom. The predicted octanol–water partition coefficient (Wildman–Crippen LogP) is 4.60. The van der Waals surface area contributed by atoms with Gasteiger partial charge in [-0.3, -0.25) is 0 Å². The molecule has 0 amide bonds. The maximum absolute atomic E-state index is 11.4.